The molecule has 2 amide bonds. The van der Waals surface area contributed by atoms with Gasteiger partial charge in [-0.05, 0) is 36.2 Å². The van der Waals surface area contributed by atoms with Gasteiger partial charge in [0.2, 0.25) is 0 Å². The van der Waals surface area contributed by atoms with Gasteiger partial charge in [-0.1, -0.05) is 23.2 Å². The number of nitrogens with one attached hydrogen (secondary N) is 1. The van der Waals surface area contributed by atoms with Gasteiger partial charge in [-0.3, -0.25) is 0 Å². The van der Waals surface area contributed by atoms with Crippen LogP contribution in [0.5, 0.6) is 11.5 Å². The van der Waals surface area contributed by atoms with Crippen LogP contribution in [0.25, 0.3) is 0 Å². The van der Waals surface area contributed by atoms with E-state index >= 15 is 0 Å². The predicted octanol–water partition coefficient (Wildman–Crippen LogP) is 4.60. The van der Waals surface area contributed by atoms with Gasteiger partial charge >= 0.3 is 6.03 Å². The number of hydrogen-bond donors (Lipinski definition) is 1. The van der Waals surface area contributed by atoms with Gasteiger partial charge in [-0.2, -0.15) is 0 Å². The molecule has 0 radical (unpaired) electrons. The van der Waals surface area contributed by atoms with Crippen LogP contribution in [0.15, 0.2) is 30.3 Å². The molecule has 0 saturated carbocycles. The number of nitrogens with zero attached hydrogens (tertiary/aromatic N) is 1. The minimum Gasteiger partial charge on any atom is -0.497 e. The third-order valence-corrected chi connectivity index (χ3v) is 4.57. The largest absolute Gasteiger partial charge is 0.497 e. The molecular formula is C18H18Cl2N2O3. The van der Waals surface area contributed by atoms with Gasteiger partial charge in [0.15, 0.2) is 0 Å². The van der Waals surface area contributed by atoms with E-state index in [1.54, 1.807) is 37.3 Å². The number of anilines is 1. The second-order valence-corrected chi connectivity index (χ2v) is 6.60. The quantitative estimate of drug-likeness (QED) is 0.846. The molecule has 1 heterocycles. The molecule has 3 rings (SSSR count). The number of urea groups is 1. The molecule has 1 aliphatic rings. The molecule has 25 heavy (non-hydrogen) atoms. The maximum absolute atomic E-state index is 12.6. The maximum Gasteiger partial charge on any atom is 0.322 e. The molecule has 0 fully saturated rings. The van der Waals surface area contributed by atoms with Crippen molar-refractivity contribution in [3.63, 3.8) is 0 Å². The Hall–Kier alpha value is -2.11. The number of hydrogen-bond acceptors (Lipinski definition) is 3. The van der Waals surface area contributed by atoms with E-state index in [2.05, 4.69) is 5.32 Å². The highest BCUT2D eigenvalue weighted by Gasteiger charge is 2.24. The first-order valence-corrected chi connectivity index (χ1v) is 8.51. The van der Waals surface area contributed by atoms with Gasteiger partial charge in [0, 0.05) is 33.9 Å². The van der Waals surface area contributed by atoms with Crippen LogP contribution in [-0.2, 0) is 13.0 Å². The highest BCUT2D eigenvalue weighted by atomic mass is 35.5. The summed E-state index contributed by atoms with van der Waals surface area (Å²) in [6.07, 6.45) is 0.729. The summed E-state index contributed by atoms with van der Waals surface area (Å²) in [7, 11) is 3.24. The highest BCUT2D eigenvalue weighted by molar-refractivity contribution is 6.35. The fourth-order valence-electron chi connectivity index (χ4n) is 2.90. The van der Waals surface area contributed by atoms with E-state index in [0.29, 0.717) is 28.8 Å². The Morgan fingerprint density at radius 3 is 2.44 bits per heavy atom. The second kappa shape index (κ2) is 7.42. The summed E-state index contributed by atoms with van der Waals surface area (Å²) >= 11 is 12.0. The zero-order valence-electron chi connectivity index (χ0n) is 13.9. The van der Waals surface area contributed by atoms with Crippen LogP contribution in [0.4, 0.5) is 10.5 Å². The Balaban J connectivity index is 1.79. The zero-order valence-corrected chi connectivity index (χ0v) is 15.4. The first kappa shape index (κ1) is 17.7. The first-order chi connectivity index (χ1) is 12.0. The third kappa shape index (κ3) is 3.94. The molecule has 0 atom stereocenters. The van der Waals surface area contributed by atoms with Crippen LogP contribution in [0.3, 0.4) is 0 Å². The summed E-state index contributed by atoms with van der Waals surface area (Å²) in [6, 6.07) is 8.56. The average molecular weight is 381 g/mol. The number of amides is 2. The molecule has 0 saturated heterocycles. The Bertz CT molecular complexity index is 774. The van der Waals surface area contributed by atoms with E-state index in [1.165, 1.54) is 0 Å². The summed E-state index contributed by atoms with van der Waals surface area (Å²) < 4.78 is 10.8. The Kier molecular flexibility index (Phi) is 5.25. The van der Waals surface area contributed by atoms with Gasteiger partial charge in [-0.15, -0.1) is 0 Å². The van der Waals surface area contributed by atoms with Crippen molar-refractivity contribution in [1.82, 2.24) is 4.90 Å². The number of carbonyl (C=O) groups excluding carboxylic acids is 1. The molecule has 0 unspecified atom stereocenters. The lowest BCUT2D eigenvalue weighted by Gasteiger charge is -2.30. The number of halogens is 2. The lowest BCUT2D eigenvalue weighted by Crippen LogP contribution is -2.39. The Morgan fingerprint density at radius 2 is 1.80 bits per heavy atom. The van der Waals surface area contributed by atoms with Crippen LogP contribution >= 0.6 is 23.2 Å². The Labute approximate surface area is 156 Å². The molecule has 5 nitrogen and oxygen atoms in total. The number of carbonyl (C=O) groups is 1. The SMILES string of the molecule is COc1cc2c(c(OC)c1)CN(C(=O)Nc1cc(Cl)cc(Cl)c1)CC2. The minimum atomic E-state index is -0.207. The van der Waals surface area contributed by atoms with Crippen LogP contribution in [0.2, 0.25) is 10.0 Å². The number of rotatable bonds is 3. The van der Waals surface area contributed by atoms with E-state index < -0.39 is 0 Å². The standard InChI is InChI=1S/C18H18Cl2N2O3/c1-24-15-5-11-3-4-22(10-16(11)17(9-15)25-2)18(23)21-14-7-12(19)6-13(20)8-14/h5-9H,3-4,10H2,1-2H3,(H,21,23). The number of fused-ring (bicyclic) bond motifs is 1. The van der Waals surface area contributed by atoms with Gasteiger partial charge in [0.1, 0.15) is 11.5 Å². The van der Waals surface area contributed by atoms with E-state index in [4.69, 9.17) is 32.7 Å². The molecule has 0 aliphatic carbocycles. The van der Waals surface area contributed by atoms with Gasteiger partial charge in [0.05, 0.1) is 20.8 Å². The number of methoxy groups -OCH3 is 2. The van der Waals surface area contributed by atoms with Crippen molar-refractivity contribution in [2.24, 2.45) is 0 Å². The van der Waals surface area contributed by atoms with Crippen molar-refractivity contribution in [3.8, 4) is 11.5 Å². The zero-order chi connectivity index (χ0) is 18.0. The fourth-order valence-corrected chi connectivity index (χ4v) is 3.43. The highest BCUT2D eigenvalue weighted by Crippen LogP contribution is 2.33. The van der Waals surface area contributed by atoms with Crippen molar-refractivity contribution in [1.29, 1.82) is 0 Å². The van der Waals surface area contributed by atoms with Crippen molar-refractivity contribution in [3.05, 3.63) is 51.5 Å². The van der Waals surface area contributed by atoms with E-state index in [-0.39, 0.29) is 6.03 Å². The van der Waals surface area contributed by atoms with E-state index in [1.807, 2.05) is 12.1 Å². The smallest absolute Gasteiger partial charge is 0.322 e. The molecule has 2 aromatic carbocycles. The summed E-state index contributed by atoms with van der Waals surface area (Å²) in [4.78, 5) is 14.3. The van der Waals surface area contributed by atoms with Crippen molar-refractivity contribution in [2.75, 3.05) is 26.1 Å². The second-order valence-electron chi connectivity index (χ2n) is 5.73. The number of ether oxygens (including phenoxy) is 2. The monoisotopic (exact) mass is 380 g/mol. The molecule has 2 aromatic rings. The molecule has 1 aliphatic heterocycles. The predicted molar refractivity (Wildman–Crippen MR) is 99.1 cm³/mol. The summed E-state index contributed by atoms with van der Waals surface area (Å²) in [5.41, 5.74) is 2.69. The van der Waals surface area contributed by atoms with Crippen LogP contribution in [-0.4, -0.2) is 31.7 Å². The number of benzene rings is 2. The lowest BCUT2D eigenvalue weighted by molar-refractivity contribution is 0.205. The maximum atomic E-state index is 12.6. The van der Waals surface area contributed by atoms with E-state index in [9.17, 15) is 4.79 Å². The van der Waals surface area contributed by atoms with Crippen molar-refractivity contribution in [2.45, 2.75) is 13.0 Å². The van der Waals surface area contributed by atoms with Crippen LogP contribution < -0.4 is 14.8 Å². The molecule has 0 spiro atoms. The Morgan fingerprint density at radius 1 is 1.08 bits per heavy atom. The van der Waals surface area contributed by atoms with Crippen molar-refractivity contribution >= 4 is 34.9 Å². The summed E-state index contributed by atoms with van der Waals surface area (Å²) in [5.74, 6) is 1.47. The molecule has 1 N–H and O–H groups in total. The average Bonchev–Trinajstić information content (AvgIpc) is 2.59. The molecule has 0 aromatic heterocycles. The minimum absolute atomic E-state index is 0.207. The lowest BCUT2D eigenvalue weighted by atomic mass is 9.98. The van der Waals surface area contributed by atoms with E-state index in [0.717, 1.165) is 29.0 Å². The van der Waals surface area contributed by atoms with Crippen LogP contribution in [0.1, 0.15) is 11.1 Å². The molecular weight excluding hydrogens is 363 g/mol. The van der Waals surface area contributed by atoms with Gasteiger partial charge in [0.25, 0.3) is 0 Å². The molecule has 0 bridgehead atoms. The first-order valence-electron chi connectivity index (χ1n) is 7.76. The topological polar surface area (TPSA) is 50.8 Å². The van der Waals surface area contributed by atoms with Crippen LogP contribution in [0, 0.1) is 0 Å². The van der Waals surface area contributed by atoms with Gasteiger partial charge in [-0.25, -0.2) is 4.79 Å². The summed E-state index contributed by atoms with van der Waals surface area (Å²) in [5, 5.41) is 3.78. The third-order valence-electron chi connectivity index (χ3n) is 4.13. The summed E-state index contributed by atoms with van der Waals surface area (Å²) in [6.45, 7) is 1.06. The van der Waals surface area contributed by atoms with Crippen molar-refractivity contribution < 1.29 is 14.3 Å². The molecule has 132 valence electrons. The van der Waals surface area contributed by atoms with Gasteiger partial charge < -0.3 is 19.7 Å². The molecule has 7 heteroatoms. The normalized spacial score (nSPS) is 13.2. The fraction of sp³-hybridized carbons (Fsp3) is 0.278.